The molecule has 0 saturated heterocycles. The number of aromatic nitrogens is 1. The molecule has 1 amide bonds. The number of pyridine rings is 1. The molecule has 92 valence electrons. The van der Waals surface area contributed by atoms with Crippen LogP contribution in [0.4, 0.5) is 10.6 Å². The van der Waals surface area contributed by atoms with Crippen molar-refractivity contribution in [3.8, 4) is 0 Å². The molecule has 0 bridgehead atoms. The monoisotopic (exact) mass is 244 g/mol. The van der Waals surface area contributed by atoms with Gasteiger partial charge in [-0.2, -0.15) is 0 Å². The Morgan fingerprint density at radius 1 is 1.11 bits per heavy atom. The minimum Gasteiger partial charge on any atom is -0.444 e. The number of hydrogen-bond acceptors (Lipinski definition) is 3. The summed E-state index contributed by atoms with van der Waals surface area (Å²) in [6.45, 7) is 0.184. The van der Waals surface area contributed by atoms with Crippen molar-refractivity contribution >= 4 is 11.9 Å². The first-order valence-electron chi connectivity index (χ1n) is 5.41. The summed E-state index contributed by atoms with van der Waals surface area (Å²) in [5.74, 6) is 0.306. The Morgan fingerprint density at radius 3 is 2.61 bits per heavy atom. The van der Waals surface area contributed by atoms with Crippen molar-refractivity contribution in [1.29, 1.82) is 0 Å². The van der Waals surface area contributed by atoms with Crippen molar-refractivity contribution in [1.82, 2.24) is 4.98 Å². The Bertz CT molecular complexity index is 578. The van der Waals surface area contributed by atoms with E-state index in [4.69, 9.17) is 4.74 Å². The molecule has 0 aliphatic rings. The number of rotatable bonds is 3. The van der Waals surface area contributed by atoms with Crippen LogP contribution in [0, 0.1) is 0 Å². The molecule has 0 aliphatic carbocycles. The SMILES string of the molecule is O=C(Nc1cccc(=O)[nH]1)OCc1ccccc1. The zero-order valence-electron chi connectivity index (χ0n) is 9.55. The molecule has 0 spiro atoms. The summed E-state index contributed by atoms with van der Waals surface area (Å²) in [4.78, 5) is 24.9. The summed E-state index contributed by atoms with van der Waals surface area (Å²) in [5.41, 5.74) is 0.616. The van der Waals surface area contributed by atoms with E-state index in [1.807, 2.05) is 30.3 Å². The quantitative estimate of drug-likeness (QED) is 0.868. The van der Waals surface area contributed by atoms with Crippen LogP contribution in [-0.4, -0.2) is 11.1 Å². The van der Waals surface area contributed by atoms with Crippen LogP contribution in [0.25, 0.3) is 0 Å². The van der Waals surface area contributed by atoms with E-state index < -0.39 is 6.09 Å². The lowest BCUT2D eigenvalue weighted by Crippen LogP contribution is -2.16. The summed E-state index contributed by atoms with van der Waals surface area (Å²) in [6, 6.07) is 13.8. The van der Waals surface area contributed by atoms with Crippen molar-refractivity contribution in [3.63, 3.8) is 0 Å². The van der Waals surface area contributed by atoms with E-state index in [2.05, 4.69) is 10.3 Å². The first-order chi connectivity index (χ1) is 8.74. The van der Waals surface area contributed by atoms with E-state index in [9.17, 15) is 9.59 Å². The number of H-pyrrole nitrogens is 1. The van der Waals surface area contributed by atoms with Gasteiger partial charge in [0.1, 0.15) is 12.4 Å². The maximum atomic E-state index is 11.4. The summed E-state index contributed by atoms with van der Waals surface area (Å²) >= 11 is 0. The molecular weight excluding hydrogens is 232 g/mol. The van der Waals surface area contributed by atoms with Crippen LogP contribution in [-0.2, 0) is 11.3 Å². The number of aromatic amines is 1. The lowest BCUT2D eigenvalue weighted by atomic mass is 10.2. The highest BCUT2D eigenvalue weighted by atomic mass is 16.5. The van der Waals surface area contributed by atoms with Gasteiger partial charge in [-0.05, 0) is 11.6 Å². The second-order valence-electron chi connectivity index (χ2n) is 3.62. The second kappa shape index (κ2) is 5.67. The maximum Gasteiger partial charge on any atom is 0.413 e. The molecule has 5 heteroatoms. The predicted molar refractivity (Wildman–Crippen MR) is 67.3 cm³/mol. The van der Waals surface area contributed by atoms with Crippen LogP contribution in [0.3, 0.4) is 0 Å². The van der Waals surface area contributed by atoms with Crippen LogP contribution in [0.2, 0.25) is 0 Å². The van der Waals surface area contributed by atoms with Gasteiger partial charge < -0.3 is 9.72 Å². The van der Waals surface area contributed by atoms with E-state index in [1.165, 1.54) is 6.07 Å². The molecule has 2 rings (SSSR count). The molecule has 1 aromatic carbocycles. The van der Waals surface area contributed by atoms with Crippen molar-refractivity contribution in [3.05, 3.63) is 64.4 Å². The number of anilines is 1. The summed E-state index contributed by atoms with van der Waals surface area (Å²) in [7, 11) is 0. The minimum absolute atomic E-state index is 0.184. The molecule has 0 aliphatic heterocycles. The van der Waals surface area contributed by atoms with Crippen LogP contribution in [0.5, 0.6) is 0 Å². The highest BCUT2D eigenvalue weighted by Gasteiger charge is 2.03. The first-order valence-corrected chi connectivity index (χ1v) is 5.41. The Morgan fingerprint density at radius 2 is 1.89 bits per heavy atom. The fraction of sp³-hybridized carbons (Fsp3) is 0.0769. The maximum absolute atomic E-state index is 11.4. The van der Waals surface area contributed by atoms with Gasteiger partial charge in [-0.25, -0.2) is 4.79 Å². The zero-order chi connectivity index (χ0) is 12.8. The highest BCUT2D eigenvalue weighted by molar-refractivity contribution is 5.83. The van der Waals surface area contributed by atoms with E-state index in [1.54, 1.807) is 12.1 Å². The summed E-state index contributed by atoms with van der Waals surface area (Å²) < 4.78 is 5.00. The van der Waals surface area contributed by atoms with Crippen molar-refractivity contribution in [2.24, 2.45) is 0 Å². The topological polar surface area (TPSA) is 71.2 Å². The smallest absolute Gasteiger partial charge is 0.413 e. The predicted octanol–water partition coefficient (Wildman–Crippen LogP) is 2.12. The van der Waals surface area contributed by atoms with Crippen molar-refractivity contribution in [2.75, 3.05) is 5.32 Å². The third-order valence-electron chi connectivity index (χ3n) is 2.22. The molecule has 0 unspecified atom stereocenters. The molecule has 0 fully saturated rings. The average molecular weight is 244 g/mol. The Hall–Kier alpha value is -2.56. The van der Waals surface area contributed by atoms with Gasteiger partial charge in [-0.1, -0.05) is 36.4 Å². The molecule has 18 heavy (non-hydrogen) atoms. The fourth-order valence-electron chi connectivity index (χ4n) is 1.39. The van der Waals surface area contributed by atoms with Gasteiger partial charge in [0.25, 0.3) is 0 Å². The van der Waals surface area contributed by atoms with E-state index in [0.29, 0.717) is 5.82 Å². The van der Waals surface area contributed by atoms with Gasteiger partial charge in [0.05, 0.1) is 0 Å². The molecule has 5 nitrogen and oxygen atoms in total. The second-order valence-corrected chi connectivity index (χ2v) is 3.62. The van der Waals surface area contributed by atoms with Gasteiger partial charge in [0.15, 0.2) is 0 Å². The third kappa shape index (κ3) is 3.48. The minimum atomic E-state index is -0.610. The Kier molecular flexibility index (Phi) is 3.76. The van der Waals surface area contributed by atoms with E-state index in [0.717, 1.165) is 5.56 Å². The van der Waals surface area contributed by atoms with Crippen LogP contribution in [0.1, 0.15) is 5.56 Å². The number of ether oxygens (including phenoxy) is 1. The number of hydrogen-bond donors (Lipinski definition) is 2. The van der Waals surface area contributed by atoms with Gasteiger partial charge in [0, 0.05) is 6.07 Å². The lowest BCUT2D eigenvalue weighted by Gasteiger charge is -2.06. The highest BCUT2D eigenvalue weighted by Crippen LogP contribution is 2.03. The Labute approximate surface area is 103 Å². The van der Waals surface area contributed by atoms with Crippen LogP contribution in [0.15, 0.2) is 53.3 Å². The average Bonchev–Trinajstić information content (AvgIpc) is 2.38. The number of carbonyl (C=O) groups excluding carboxylic acids is 1. The lowest BCUT2D eigenvalue weighted by molar-refractivity contribution is 0.155. The van der Waals surface area contributed by atoms with Crippen molar-refractivity contribution in [2.45, 2.75) is 6.61 Å². The number of benzene rings is 1. The molecule has 2 N–H and O–H groups in total. The third-order valence-corrected chi connectivity index (χ3v) is 2.22. The fourth-order valence-corrected chi connectivity index (χ4v) is 1.39. The molecule has 2 aromatic rings. The largest absolute Gasteiger partial charge is 0.444 e. The van der Waals surface area contributed by atoms with Gasteiger partial charge in [-0.15, -0.1) is 0 Å². The Balaban J connectivity index is 1.88. The molecule has 1 aromatic heterocycles. The number of amides is 1. The van der Waals surface area contributed by atoms with Gasteiger partial charge in [0.2, 0.25) is 5.56 Å². The van der Waals surface area contributed by atoms with E-state index in [-0.39, 0.29) is 12.2 Å². The van der Waals surface area contributed by atoms with Gasteiger partial charge >= 0.3 is 6.09 Å². The molecular formula is C13H12N2O3. The van der Waals surface area contributed by atoms with Gasteiger partial charge in [-0.3, -0.25) is 10.1 Å². The molecule has 0 radical (unpaired) electrons. The number of carbonyl (C=O) groups is 1. The van der Waals surface area contributed by atoms with Crippen LogP contribution >= 0.6 is 0 Å². The zero-order valence-corrected chi connectivity index (χ0v) is 9.55. The molecule has 0 atom stereocenters. The molecule has 0 saturated carbocycles. The van der Waals surface area contributed by atoms with Crippen molar-refractivity contribution < 1.29 is 9.53 Å². The summed E-state index contributed by atoms with van der Waals surface area (Å²) in [5, 5.41) is 2.44. The summed E-state index contributed by atoms with van der Waals surface area (Å²) in [6.07, 6.45) is -0.610. The number of nitrogens with one attached hydrogen (secondary N) is 2. The van der Waals surface area contributed by atoms with E-state index >= 15 is 0 Å². The van der Waals surface area contributed by atoms with Crippen LogP contribution < -0.4 is 10.9 Å². The standard InChI is InChI=1S/C13H12N2O3/c16-12-8-4-7-11(14-12)15-13(17)18-9-10-5-2-1-3-6-10/h1-8H,9H2,(H2,14,15,16,17). The molecule has 1 heterocycles. The first kappa shape index (κ1) is 11.9. The normalized spacial score (nSPS) is 9.78.